The van der Waals surface area contributed by atoms with Gasteiger partial charge < -0.3 is 0 Å². The number of hydrogen-bond donors (Lipinski definition) is 0. The van der Waals surface area contributed by atoms with E-state index < -0.39 is 5.92 Å². The van der Waals surface area contributed by atoms with E-state index >= 15 is 0 Å². The number of benzene rings is 3. The predicted octanol–water partition coefficient (Wildman–Crippen LogP) is 4.61. The number of rotatable bonds is 1. The van der Waals surface area contributed by atoms with Gasteiger partial charge >= 0.3 is 0 Å². The zero-order valence-electron chi connectivity index (χ0n) is 12.5. The van der Waals surface area contributed by atoms with Crippen LogP contribution < -0.4 is 0 Å². The fourth-order valence-electron chi connectivity index (χ4n) is 3.40. The minimum Gasteiger partial charge on any atom is -0.293 e. The van der Waals surface area contributed by atoms with Crippen LogP contribution in [-0.4, -0.2) is 16.6 Å². The summed E-state index contributed by atoms with van der Waals surface area (Å²) < 4.78 is 0.994. The summed E-state index contributed by atoms with van der Waals surface area (Å²) in [5.74, 6) is -1.08. The van der Waals surface area contributed by atoms with Crippen LogP contribution in [0.4, 0.5) is 0 Å². The molecule has 5 rings (SSSR count). The number of fused-ring (bicyclic) bond motifs is 4. The first-order chi connectivity index (χ1) is 11.7. The summed E-state index contributed by atoms with van der Waals surface area (Å²) in [6.45, 7) is 0. The highest BCUT2D eigenvalue weighted by molar-refractivity contribution is 7.18. The van der Waals surface area contributed by atoms with E-state index in [0.717, 1.165) is 21.0 Å². The molecule has 3 nitrogen and oxygen atoms in total. The number of Topliss-reactive ketones (excluding diaryl/α,β-unsaturated/α-hetero) is 2. The lowest BCUT2D eigenvalue weighted by atomic mass is 10.00. The molecule has 1 unspecified atom stereocenters. The van der Waals surface area contributed by atoms with Crippen molar-refractivity contribution in [2.75, 3.05) is 0 Å². The number of thiazole rings is 1. The molecule has 1 aliphatic rings. The van der Waals surface area contributed by atoms with Crippen molar-refractivity contribution < 1.29 is 9.59 Å². The highest BCUT2D eigenvalue weighted by Crippen LogP contribution is 2.40. The molecule has 4 aromatic rings. The summed E-state index contributed by atoms with van der Waals surface area (Å²) in [7, 11) is 0. The topological polar surface area (TPSA) is 47.0 Å². The molecule has 114 valence electrons. The third-order valence-electron chi connectivity index (χ3n) is 4.52. The van der Waals surface area contributed by atoms with Gasteiger partial charge in [-0.15, -0.1) is 11.3 Å². The number of hydrogen-bond acceptors (Lipinski definition) is 4. The molecule has 1 heterocycles. The Morgan fingerprint density at radius 2 is 1.62 bits per heavy atom. The van der Waals surface area contributed by atoms with Crippen LogP contribution in [-0.2, 0) is 0 Å². The number of carbonyl (C=O) groups excluding carboxylic acids is 2. The Morgan fingerprint density at radius 3 is 2.50 bits per heavy atom. The lowest BCUT2D eigenvalue weighted by Gasteiger charge is -2.03. The quantitative estimate of drug-likeness (QED) is 0.479. The van der Waals surface area contributed by atoms with Crippen LogP contribution in [0.3, 0.4) is 0 Å². The zero-order valence-corrected chi connectivity index (χ0v) is 13.3. The Bertz CT molecular complexity index is 1130. The Balaban J connectivity index is 1.73. The summed E-state index contributed by atoms with van der Waals surface area (Å²) in [4.78, 5) is 30.5. The Labute approximate surface area is 141 Å². The molecule has 24 heavy (non-hydrogen) atoms. The lowest BCUT2D eigenvalue weighted by Crippen LogP contribution is -2.12. The van der Waals surface area contributed by atoms with Crippen molar-refractivity contribution >= 4 is 43.9 Å². The van der Waals surface area contributed by atoms with Gasteiger partial charge in [0.1, 0.15) is 10.9 Å². The minimum atomic E-state index is -0.803. The minimum absolute atomic E-state index is 0.133. The molecule has 0 fully saturated rings. The van der Waals surface area contributed by atoms with Crippen LogP contribution in [0.25, 0.3) is 21.0 Å². The van der Waals surface area contributed by atoms with Crippen molar-refractivity contribution in [3.63, 3.8) is 0 Å². The number of carbonyl (C=O) groups is 2. The van der Waals surface area contributed by atoms with Crippen molar-refractivity contribution in [3.05, 3.63) is 76.8 Å². The first-order valence-corrected chi connectivity index (χ1v) is 8.51. The summed E-state index contributed by atoms with van der Waals surface area (Å²) in [6.07, 6.45) is 0. The van der Waals surface area contributed by atoms with Gasteiger partial charge in [0.25, 0.3) is 0 Å². The molecule has 0 amide bonds. The number of ketones is 2. The smallest absolute Gasteiger partial charge is 0.181 e. The van der Waals surface area contributed by atoms with Gasteiger partial charge in [-0.25, -0.2) is 4.98 Å². The number of aromatic nitrogens is 1. The van der Waals surface area contributed by atoms with E-state index in [1.807, 2.05) is 54.6 Å². The molecule has 4 heteroatoms. The molecular weight excluding hydrogens is 318 g/mol. The largest absolute Gasteiger partial charge is 0.293 e. The maximum absolute atomic E-state index is 13.0. The summed E-state index contributed by atoms with van der Waals surface area (Å²) in [5, 5.41) is 2.41. The van der Waals surface area contributed by atoms with Gasteiger partial charge in [0.05, 0.1) is 10.2 Å². The summed E-state index contributed by atoms with van der Waals surface area (Å²) in [5.41, 5.74) is 1.89. The molecule has 1 aliphatic carbocycles. The van der Waals surface area contributed by atoms with Crippen LogP contribution in [0.5, 0.6) is 0 Å². The molecule has 0 N–H and O–H groups in total. The van der Waals surface area contributed by atoms with E-state index in [-0.39, 0.29) is 11.6 Å². The molecule has 0 radical (unpaired) electrons. The highest BCUT2D eigenvalue weighted by Gasteiger charge is 2.42. The molecule has 0 spiro atoms. The van der Waals surface area contributed by atoms with E-state index in [1.54, 1.807) is 6.07 Å². The Hall–Kier alpha value is -2.85. The van der Waals surface area contributed by atoms with Crippen molar-refractivity contribution in [2.45, 2.75) is 5.92 Å². The molecule has 0 bridgehead atoms. The molecule has 0 saturated heterocycles. The van der Waals surface area contributed by atoms with Gasteiger partial charge in [-0.05, 0) is 29.0 Å². The molecule has 3 aromatic carbocycles. The third kappa shape index (κ3) is 1.74. The van der Waals surface area contributed by atoms with Gasteiger partial charge in [-0.1, -0.05) is 42.5 Å². The Kier molecular flexibility index (Phi) is 2.73. The fraction of sp³-hybridized carbons (Fsp3) is 0.0500. The van der Waals surface area contributed by atoms with E-state index in [4.69, 9.17) is 0 Å². The molecule has 0 saturated carbocycles. The average molecular weight is 329 g/mol. The molecule has 1 aromatic heterocycles. The van der Waals surface area contributed by atoms with E-state index in [0.29, 0.717) is 16.1 Å². The lowest BCUT2D eigenvalue weighted by molar-refractivity contribution is 0.0890. The Morgan fingerprint density at radius 1 is 0.833 bits per heavy atom. The molecule has 1 atom stereocenters. The van der Waals surface area contributed by atoms with Crippen LogP contribution in [0.15, 0.2) is 60.7 Å². The van der Waals surface area contributed by atoms with E-state index in [9.17, 15) is 9.59 Å². The van der Waals surface area contributed by atoms with Gasteiger partial charge in [-0.3, -0.25) is 9.59 Å². The molecular formula is C20H11NO2S. The second-order valence-corrected chi connectivity index (χ2v) is 6.95. The normalized spacial score (nSPS) is 16.9. The summed E-state index contributed by atoms with van der Waals surface area (Å²) >= 11 is 1.43. The van der Waals surface area contributed by atoms with Gasteiger partial charge in [0.15, 0.2) is 11.6 Å². The zero-order chi connectivity index (χ0) is 16.3. The second kappa shape index (κ2) is 4.82. The fourth-order valence-corrected chi connectivity index (χ4v) is 4.47. The van der Waals surface area contributed by atoms with Gasteiger partial charge in [0.2, 0.25) is 0 Å². The van der Waals surface area contributed by atoms with Crippen molar-refractivity contribution in [1.82, 2.24) is 4.98 Å². The van der Waals surface area contributed by atoms with Crippen LogP contribution in [0.2, 0.25) is 0 Å². The standard InChI is InChI=1S/C20H11NO2S/c22-18-13-10-9-11-5-1-2-6-12(11)16(13)19(23)17(18)20-21-14-7-3-4-8-15(14)24-20/h1-10,17H. The molecule has 0 aliphatic heterocycles. The van der Waals surface area contributed by atoms with Crippen molar-refractivity contribution in [2.24, 2.45) is 0 Å². The van der Waals surface area contributed by atoms with Crippen molar-refractivity contribution in [1.29, 1.82) is 0 Å². The van der Waals surface area contributed by atoms with Gasteiger partial charge in [0, 0.05) is 11.1 Å². The number of nitrogens with zero attached hydrogens (tertiary/aromatic N) is 1. The van der Waals surface area contributed by atoms with Crippen LogP contribution >= 0.6 is 11.3 Å². The van der Waals surface area contributed by atoms with E-state index in [2.05, 4.69) is 4.98 Å². The summed E-state index contributed by atoms with van der Waals surface area (Å²) in [6, 6.07) is 19.1. The second-order valence-electron chi connectivity index (χ2n) is 5.89. The maximum atomic E-state index is 13.0. The maximum Gasteiger partial charge on any atom is 0.181 e. The number of para-hydroxylation sites is 1. The third-order valence-corrected chi connectivity index (χ3v) is 5.62. The predicted molar refractivity (Wildman–Crippen MR) is 95.0 cm³/mol. The monoisotopic (exact) mass is 329 g/mol. The average Bonchev–Trinajstić information content (AvgIpc) is 3.14. The van der Waals surface area contributed by atoms with Crippen LogP contribution in [0.1, 0.15) is 31.6 Å². The van der Waals surface area contributed by atoms with Crippen LogP contribution in [0, 0.1) is 0 Å². The first-order valence-electron chi connectivity index (χ1n) is 7.70. The SMILES string of the molecule is O=C1c2ccc3ccccc3c2C(=O)C1c1nc2ccccc2s1. The first kappa shape index (κ1) is 13.6. The highest BCUT2D eigenvalue weighted by atomic mass is 32.1. The van der Waals surface area contributed by atoms with Crippen molar-refractivity contribution in [3.8, 4) is 0 Å². The van der Waals surface area contributed by atoms with E-state index in [1.165, 1.54) is 11.3 Å². The van der Waals surface area contributed by atoms with Gasteiger partial charge in [-0.2, -0.15) is 0 Å².